The molecule has 3 rings (SSSR count). The van der Waals surface area contributed by atoms with E-state index >= 15 is 0 Å². The molecule has 6 nitrogen and oxygen atoms in total. The molecule has 2 N–H and O–H groups in total. The minimum absolute atomic E-state index is 0.184. The number of ether oxygens (including phenoxy) is 1. The van der Waals surface area contributed by atoms with Crippen LogP contribution in [-0.2, 0) is 0 Å². The van der Waals surface area contributed by atoms with Crippen LogP contribution in [0.3, 0.4) is 0 Å². The van der Waals surface area contributed by atoms with Gasteiger partial charge in [0.1, 0.15) is 5.75 Å². The highest BCUT2D eigenvalue weighted by atomic mass is 32.2. The van der Waals surface area contributed by atoms with Gasteiger partial charge in [0.05, 0.1) is 0 Å². The Labute approximate surface area is 127 Å². The number of hydrogen-bond donors (Lipinski definition) is 1. The fourth-order valence-electron chi connectivity index (χ4n) is 2.27. The largest absolute Gasteiger partial charge is 0.423 e. The monoisotopic (exact) mass is 303 g/mol. The zero-order valence-electron chi connectivity index (χ0n) is 11.8. The Morgan fingerprint density at radius 3 is 2.67 bits per heavy atom. The summed E-state index contributed by atoms with van der Waals surface area (Å²) in [6, 6.07) is 8.01. The van der Waals surface area contributed by atoms with Gasteiger partial charge in [-0.1, -0.05) is 12.1 Å². The molecule has 2 heterocycles. The molecular weight excluding hydrogens is 286 g/mol. The van der Waals surface area contributed by atoms with E-state index in [1.165, 1.54) is 0 Å². The SMILES string of the molecule is CSc1ccccc1Oc1nc(N)nc(N2CCCC2)n1. The number of benzene rings is 1. The molecule has 0 aliphatic carbocycles. The molecule has 1 aromatic carbocycles. The zero-order chi connectivity index (χ0) is 14.7. The highest BCUT2D eigenvalue weighted by molar-refractivity contribution is 7.98. The lowest BCUT2D eigenvalue weighted by Crippen LogP contribution is -2.21. The lowest BCUT2D eigenvalue weighted by Gasteiger charge is -2.16. The second-order valence-electron chi connectivity index (χ2n) is 4.72. The lowest BCUT2D eigenvalue weighted by atomic mass is 10.3. The number of aromatic nitrogens is 3. The zero-order valence-corrected chi connectivity index (χ0v) is 12.6. The fraction of sp³-hybridized carbons (Fsp3) is 0.357. The summed E-state index contributed by atoms with van der Waals surface area (Å²) in [7, 11) is 0. The number of nitrogens with two attached hydrogens (primary N) is 1. The standard InChI is InChI=1S/C14H17N5OS/c1-21-11-7-3-2-6-10(11)20-14-17-12(15)16-13(18-14)19-8-4-5-9-19/h2-3,6-7H,4-5,8-9H2,1H3,(H2,15,16,17,18). The maximum absolute atomic E-state index is 5.79. The first-order valence-corrected chi connectivity index (χ1v) is 8.06. The van der Waals surface area contributed by atoms with Crippen LogP contribution >= 0.6 is 11.8 Å². The van der Waals surface area contributed by atoms with E-state index in [1.807, 2.05) is 30.5 Å². The molecule has 0 amide bonds. The van der Waals surface area contributed by atoms with Crippen molar-refractivity contribution in [3.05, 3.63) is 24.3 Å². The predicted octanol–water partition coefficient (Wildman–Crippen LogP) is 2.57. The van der Waals surface area contributed by atoms with Gasteiger partial charge in [-0.25, -0.2) is 0 Å². The van der Waals surface area contributed by atoms with Gasteiger partial charge in [-0.2, -0.15) is 15.0 Å². The normalized spacial score (nSPS) is 14.4. The maximum atomic E-state index is 5.79. The van der Waals surface area contributed by atoms with Gasteiger partial charge in [0.25, 0.3) is 0 Å². The van der Waals surface area contributed by atoms with Crippen molar-refractivity contribution in [3.8, 4) is 11.8 Å². The maximum Gasteiger partial charge on any atom is 0.328 e. The van der Waals surface area contributed by atoms with Crippen molar-refractivity contribution >= 4 is 23.7 Å². The summed E-state index contributed by atoms with van der Waals surface area (Å²) >= 11 is 1.61. The number of hydrogen-bond acceptors (Lipinski definition) is 7. The summed E-state index contributed by atoms with van der Waals surface area (Å²) in [4.78, 5) is 15.8. The molecule has 1 aliphatic heterocycles. The molecule has 21 heavy (non-hydrogen) atoms. The number of nitrogens with zero attached hydrogens (tertiary/aromatic N) is 4. The average molecular weight is 303 g/mol. The molecule has 2 aromatic rings. The lowest BCUT2D eigenvalue weighted by molar-refractivity contribution is 0.431. The first kappa shape index (κ1) is 13.9. The Kier molecular flexibility index (Phi) is 4.10. The van der Waals surface area contributed by atoms with Crippen molar-refractivity contribution in [3.63, 3.8) is 0 Å². The Morgan fingerprint density at radius 1 is 1.14 bits per heavy atom. The Bertz CT molecular complexity index is 631. The summed E-state index contributed by atoms with van der Waals surface area (Å²) in [5, 5.41) is 0. The van der Waals surface area contributed by atoms with Crippen LogP contribution in [0.1, 0.15) is 12.8 Å². The summed E-state index contributed by atoms with van der Waals surface area (Å²) in [6.07, 6.45) is 4.30. The van der Waals surface area contributed by atoms with Gasteiger partial charge >= 0.3 is 6.01 Å². The summed E-state index contributed by atoms with van der Waals surface area (Å²) in [5.74, 6) is 1.50. The van der Waals surface area contributed by atoms with Crippen molar-refractivity contribution in [2.75, 3.05) is 30.0 Å². The van der Waals surface area contributed by atoms with Gasteiger partial charge < -0.3 is 15.4 Å². The Hall–Kier alpha value is -2.02. The molecule has 0 spiro atoms. The first-order chi connectivity index (χ1) is 10.3. The van der Waals surface area contributed by atoms with Crippen LogP contribution in [-0.4, -0.2) is 34.3 Å². The van der Waals surface area contributed by atoms with Crippen LogP contribution in [0.15, 0.2) is 29.2 Å². The fourth-order valence-corrected chi connectivity index (χ4v) is 2.79. The van der Waals surface area contributed by atoms with Crippen molar-refractivity contribution in [1.82, 2.24) is 15.0 Å². The van der Waals surface area contributed by atoms with Crippen molar-refractivity contribution in [2.45, 2.75) is 17.7 Å². The summed E-state index contributed by atoms with van der Waals surface area (Å²) in [6.45, 7) is 1.90. The molecule has 0 radical (unpaired) electrons. The van der Waals surface area contributed by atoms with E-state index in [0.717, 1.165) is 36.6 Å². The van der Waals surface area contributed by atoms with E-state index in [0.29, 0.717) is 5.95 Å². The molecule has 1 fully saturated rings. The highest BCUT2D eigenvalue weighted by Gasteiger charge is 2.17. The summed E-state index contributed by atoms with van der Waals surface area (Å²) < 4.78 is 5.79. The van der Waals surface area contributed by atoms with Gasteiger partial charge in [0, 0.05) is 18.0 Å². The first-order valence-electron chi connectivity index (χ1n) is 6.83. The van der Waals surface area contributed by atoms with Gasteiger partial charge in [0.2, 0.25) is 11.9 Å². The minimum Gasteiger partial charge on any atom is -0.423 e. The molecule has 110 valence electrons. The minimum atomic E-state index is 0.184. The average Bonchev–Trinajstić information content (AvgIpc) is 3.01. The van der Waals surface area contributed by atoms with Gasteiger partial charge in [-0.15, -0.1) is 11.8 Å². The third-order valence-corrected chi connectivity index (χ3v) is 4.06. The van der Waals surface area contributed by atoms with Gasteiger partial charge in [-0.3, -0.25) is 0 Å². The van der Waals surface area contributed by atoms with E-state index in [1.54, 1.807) is 11.8 Å². The van der Waals surface area contributed by atoms with Crippen molar-refractivity contribution in [2.24, 2.45) is 0 Å². The number of thioether (sulfide) groups is 1. The molecule has 1 aromatic heterocycles. The Morgan fingerprint density at radius 2 is 1.90 bits per heavy atom. The number of rotatable bonds is 4. The van der Waals surface area contributed by atoms with Crippen LogP contribution in [0.2, 0.25) is 0 Å². The van der Waals surface area contributed by atoms with Crippen LogP contribution in [0, 0.1) is 0 Å². The van der Waals surface area contributed by atoms with Crippen molar-refractivity contribution < 1.29 is 4.74 Å². The molecule has 1 aliphatic rings. The molecule has 1 saturated heterocycles. The van der Waals surface area contributed by atoms with Crippen molar-refractivity contribution in [1.29, 1.82) is 0 Å². The second kappa shape index (κ2) is 6.17. The van der Waals surface area contributed by atoms with E-state index in [2.05, 4.69) is 19.9 Å². The quantitative estimate of drug-likeness (QED) is 0.870. The van der Waals surface area contributed by atoms with Crippen LogP contribution in [0.4, 0.5) is 11.9 Å². The topological polar surface area (TPSA) is 77.2 Å². The second-order valence-corrected chi connectivity index (χ2v) is 5.57. The summed E-state index contributed by atoms with van der Waals surface area (Å²) in [5.41, 5.74) is 5.78. The number of nitrogen functional groups attached to an aromatic ring is 1. The molecule has 0 saturated carbocycles. The van der Waals surface area contributed by atoms with Crippen LogP contribution < -0.4 is 15.4 Å². The van der Waals surface area contributed by atoms with E-state index in [-0.39, 0.29) is 12.0 Å². The van der Waals surface area contributed by atoms with Crippen LogP contribution in [0.25, 0.3) is 0 Å². The smallest absolute Gasteiger partial charge is 0.328 e. The van der Waals surface area contributed by atoms with E-state index in [4.69, 9.17) is 10.5 Å². The Balaban J connectivity index is 1.88. The molecule has 0 bridgehead atoms. The third-order valence-electron chi connectivity index (χ3n) is 3.28. The van der Waals surface area contributed by atoms with Gasteiger partial charge in [0.15, 0.2) is 0 Å². The third kappa shape index (κ3) is 3.18. The number of anilines is 2. The highest BCUT2D eigenvalue weighted by Crippen LogP contribution is 2.30. The van der Waals surface area contributed by atoms with E-state index < -0.39 is 0 Å². The molecule has 7 heteroatoms. The van der Waals surface area contributed by atoms with E-state index in [9.17, 15) is 0 Å². The predicted molar refractivity (Wildman–Crippen MR) is 84.0 cm³/mol. The molecule has 0 atom stereocenters. The van der Waals surface area contributed by atoms with Gasteiger partial charge in [-0.05, 0) is 31.2 Å². The number of para-hydroxylation sites is 1. The van der Waals surface area contributed by atoms with Crippen LogP contribution in [0.5, 0.6) is 11.8 Å². The molecule has 0 unspecified atom stereocenters. The molecular formula is C14H17N5OS.